The predicted octanol–water partition coefficient (Wildman–Crippen LogP) is 0.549. The van der Waals surface area contributed by atoms with Crippen molar-refractivity contribution in [2.75, 3.05) is 6.54 Å². The smallest absolute Gasteiger partial charge is 0.0304 e. The third kappa shape index (κ3) is 1.46. The minimum Gasteiger partial charge on any atom is -0.327 e. The van der Waals surface area contributed by atoms with E-state index in [-0.39, 0.29) is 6.04 Å². The third-order valence-corrected chi connectivity index (χ3v) is 1.82. The number of hydrogen-bond acceptors (Lipinski definition) is 2. The average molecular weight is 138 g/mol. The van der Waals surface area contributed by atoms with Crippen LogP contribution in [0, 0.1) is 0 Å². The van der Waals surface area contributed by atoms with E-state index in [2.05, 4.69) is 19.1 Å². The number of hydrogen-bond donors (Lipinski definition) is 2. The van der Waals surface area contributed by atoms with Gasteiger partial charge in [-0.05, 0) is 18.9 Å². The van der Waals surface area contributed by atoms with Crippen molar-refractivity contribution in [1.29, 1.82) is 0 Å². The second kappa shape index (κ2) is 2.99. The van der Waals surface area contributed by atoms with Gasteiger partial charge in [-0.25, -0.2) is 0 Å². The minimum absolute atomic E-state index is 0.161. The molecule has 1 aliphatic carbocycles. The normalized spacial score (nSPS) is 25.7. The van der Waals surface area contributed by atoms with Gasteiger partial charge in [-0.1, -0.05) is 17.7 Å². The van der Waals surface area contributed by atoms with E-state index >= 15 is 0 Å². The Morgan fingerprint density at radius 1 is 1.70 bits per heavy atom. The summed E-state index contributed by atoms with van der Waals surface area (Å²) in [5.74, 6) is 0. The number of nitrogens with two attached hydrogens (primary N) is 2. The zero-order chi connectivity index (χ0) is 7.56. The van der Waals surface area contributed by atoms with Crippen LogP contribution in [0.1, 0.15) is 13.3 Å². The molecule has 0 bridgehead atoms. The zero-order valence-electron chi connectivity index (χ0n) is 6.30. The fourth-order valence-electron chi connectivity index (χ4n) is 1.13. The van der Waals surface area contributed by atoms with Crippen LogP contribution < -0.4 is 11.5 Å². The Hall–Kier alpha value is -0.600. The molecule has 10 heavy (non-hydrogen) atoms. The van der Waals surface area contributed by atoms with Crippen LogP contribution in [0.4, 0.5) is 0 Å². The molecule has 0 heterocycles. The summed E-state index contributed by atoms with van der Waals surface area (Å²) in [4.78, 5) is 0. The second-order valence-electron chi connectivity index (χ2n) is 2.71. The molecule has 1 unspecified atom stereocenters. The highest BCUT2D eigenvalue weighted by atomic mass is 14.7. The molecule has 0 aliphatic heterocycles. The van der Waals surface area contributed by atoms with E-state index < -0.39 is 0 Å². The fraction of sp³-hybridized carbons (Fsp3) is 0.500. The van der Waals surface area contributed by atoms with Gasteiger partial charge in [0.15, 0.2) is 0 Å². The molecule has 0 aromatic carbocycles. The lowest BCUT2D eigenvalue weighted by Gasteiger charge is -2.17. The van der Waals surface area contributed by atoms with Crippen molar-refractivity contribution in [3.8, 4) is 0 Å². The summed E-state index contributed by atoms with van der Waals surface area (Å²) in [5, 5.41) is 0. The largest absolute Gasteiger partial charge is 0.327 e. The Kier molecular flexibility index (Phi) is 2.25. The number of rotatable bonds is 1. The van der Waals surface area contributed by atoms with Crippen LogP contribution in [0.3, 0.4) is 0 Å². The summed E-state index contributed by atoms with van der Waals surface area (Å²) < 4.78 is 0. The molecule has 0 fully saturated rings. The minimum atomic E-state index is 0.161. The molecule has 2 nitrogen and oxygen atoms in total. The molecular weight excluding hydrogens is 124 g/mol. The quantitative estimate of drug-likeness (QED) is 0.556. The molecular formula is C8H14N2. The van der Waals surface area contributed by atoms with Gasteiger partial charge in [-0.15, -0.1) is 0 Å². The topological polar surface area (TPSA) is 52.0 Å². The van der Waals surface area contributed by atoms with Crippen molar-refractivity contribution >= 4 is 0 Å². The van der Waals surface area contributed by atoms with Gasteiger partial charge < -0.3 is 11.5 Å². The molecule has 4 N–H and O–H groups in total. The molecule has 0 saturated heterocycles. The monoisotopic (exact) mass is 138 g/mol. The van der Waals surface area contributed by atoms with Crippen LogP contribution >= 0.6 is 0 Å². The fourth-order valence-corrected chi connectivity index (χ4v) is 1.13. The van der Waals surface area contributed by atoms with Crippen molar-refractivity contribution in [3.05, 3.63) is 23.3 Å². The van der Waals surface area contributed by atoms with Crippen molar-refractivity contribution in [1.82, 2.24) is 0 Å². The first-order valence-corrected chi connectivity index (χ1v) is 3.57. The first-order valence-electron chi connectivity index (χ1n) is 3.57. The maximum Gasteiger partial charge on any atom is 0.0304 e. The van der Waals surface area contributed by atoms with Gasteiger partial charge in [0.25, 0.3) is 0 Å². The third-order valence-electron chi connectivity index (χ3n) is 1.82. The van der Waals surface area contributed by atoms with Gasteiger partial charge in [-0.3, -0.25) is 0 Å². The molecule has 56 valence electrons. The highest BCUT2D eigenvalue weighted by Gasteiger charge is 2.09. The highest BCUT2D eigenvalue weighted by molar-refractivity contribution is 5.30. The zero-order valence-corrected chi connectivity index (χ0v) is 6.30. The Bertz CT molecular complexity index is 180. The van der Waals surface area contributed by atoms with Crippen molar-refractivity contribution in [2.24, 2.45) is 11.5 Å². The summed E-state index contributed by atoms with van der Waals surface area (Å²) in [5.41, 5.74) is 13.7. The molecule has 0 amide bonds. The molecule has 1 rings (SSSR count). The lowest BCUT2D eigenvalue weighted by atomic mass is 9.96. The summed E-state index contributed by atoms with van der Waals surface area (Å²) in [6.45, 7) is 2.66. The van der Waals surface area contributed by atoms with Crippen molar-refractivity contribution in [2.45, 2.75) is 19.4 Å². The van der Waals surface area contributed by atoms with Gasteiger partial charge in [0, 0.05) is 12.6 Å². The van der Waals surface area contributed by atoms with E-state index in [1.165, 1.54) is 11.1 Å². The predicted molar refractivity (Wildman–Crippen MR) is 43.5 cm³/mol. The van der Waals surface area contributed by atoms with Crippen LogP contribution in [0.5, 0.6) is 0 Å². The SMILES string of the molecule is CC1=CCC(N)C(CN)=C1. The van der Waals surface area contributed by atoms with E-state index in [1.54, 1.807) is 0 Å². The van der Waals surface area contributed by atoms with Crippen LogP contribution in [0.15, 0.2) is 23.3 Å². The van der Waals surface area contributed by atoms with Crippen molar-refractivity contribution < 1.29 is 0 Å². The Morgan fingerprint density at radius 2 is 2.40 bits per heavy atom. The van der Waals surface area contributed by atoms with Crippen LogP contribution in [0.25, 0.3) is 0 Å². The molecule has 2 heteroatoms. The summed E-state index contributed by atoms with van der Waals surface area (Å²) in [6, 6.07) is 0.161. The average Bonchev–Trinajstić information content (AvgIpc) is 1.94. The molecule has 0 saturated carbocycles. The summed E-state index contributed by atoms with van der Waals surface area (Å²) >= 11 is 0. The van der Waals surface area contributed by atoms with E-state index in [0.29, 0.717) is 6.54 Å². The van der Waals surface area contributed by atoms with Crippen LogP contribution in [-0.2, 0) is 0 Å². The maximum atomic E-state index is 5.76. The van der Waals surface area contributed by atoms with Gasteiger partial charge in [0.1, 0.15) is 0 Å². The van der Waals surface area contributed by atoms with E-state index in [9.17, 15) is 0 Å². The molecule has 0 spiro atoms. The molecule has 0 aromatic heterocycles. The van der Waals surface area contributed by atoms with Gasteiger partial charge in [0.05, 0.1) is 0 Å². The van der Waals surface area contributed by atoms with E-state index in [4.69, 9.17) is 11.5 Å². The second-order valence-corrected chi connectivity index (χ2v) is 2.71. The van der Waals surface area contributed by atoms with Crippen LogP contribution in [0.2, 0.25) is 0 Å². The standard InChI is InChI=1S/C8H14N2/c1-6-2-3-8(10)7(4-6)5-9/h2,4,8H,3,5,9-10H2,1H3. The van der Waals surface area contributed by atoms with E-state index in [1.807, 2.05) is 0 Å². The Labute approximate surface area is 61.6 Å². The maximum absolute atomic E-state index is 5.76. The van der Waals surface area contributed by atoms with E-state index in [0.717, 1.165) is 6.42 Å². The van der Waals surface area contributed by atoms with Gasteiger partial charge >= 0.3 is 0 Å². The summed E-state index contributed by atoms with van der Waals surface area (Å²) in [6.07, 6.45) is 5.16. The molecule has 1 aliphatic rings. The molecule has 0 aromatic rings. The number of allylic oxidation sites excluding steroid dienone is 2. The van der Waals surface area contributed by atoms with Gasteiger partial charge in [0.2, 0.25) is 0 Å². The van der Waals surface area contributed by atoms with Gasteiger partial charge in [-0.2, -0.15) is 0 Å². The van der Waals surface area contributed by atoms with Crippen LogP contribution in [-0.4, -0.2) is 12.6 Å². The lowest BCUT2D eigenvalue weighted by Crippen LogP contribution is -2.28. The first-order chi connectivity index (χ1) is 4.74. The molecule has 0 radical (unpaired) electrons. The first kappa shape index (κ1) is 7.51. The van der Waals surface area contributed by atoms with Crippen molar-refractivity contribution in [3.63, 3.8) is 0 Å². The highest BCUT2D eigenvalue weighted by Crippen LogP contribution is 2.14. The lowest BCUT2D eigenvalue weighted by molar-refractivity contribution is 0.747. The Balaban J connectivity index is 2.73. The summed E-state index contributed by atoms with van der Waals surface area (Å²) in [7, 11) is 0. The Morgan fingerprint density at radius 3 is 2.90 bits per heavy atom. The molecule has 1 atom stereocenters.